The number of esters is 1. The highest BCUT2D eigenvalue weighted by atomic mass is 16.5. The number of ether oxygens (including phenoxy) is 2. The second-order valence-electron chi connectivity index (χ2n) is 5.57. The Kier molecular flexibility index (Phi) is 6.59. The van der Waals surface area contributed by atoms with Crippen LogP contribution in [0.1, 0.15) is 25.8 Å². The van der Waals surface area contributed by atoms with Crippen LogP contribution in [-0.2, 0) is 20.9 Å². The van der Waals surface area contributed by atoms with Crippen LogP contribution in [0.5, 0.6) is 0 Å². The average Bonchev–Trinajstić information content (AvgIpc) is 2.48. The summed E-state index contributed by atoms with van der Waals surface area (Å²) < 4.78 is 10.4. The molecule has 0 bridgehead atoms. The number of aliphatic hydroxyl groups is 1. The predicted molar refractivity (Wildman–Crippen MR) is 81.6 cm³/mol. The van der Waals surface area contributed by atoms with Gasteiger partial charge in [-0.2, -0.15) is 0 Å². The molecule has 0 unspecified atom stereocenters. The Labute approximate surface area is 126 Å². The van der Waals surface area contributed by atoms with Crippen LogP contribution in [0.3, 0.4) is 0 Å². The molecule has 0 saturated carbocycles. The van der Waals surface area contributed by atoms with Crippen molar-refractivity contribution in [1.29, 1.82) is 0 Å². The zero-order chi connectivity index (χ0) is 15.9. The van der Waals surface area contributed by atoms with Crippen LogP contribution in [0, 0.1) is 5.41 Å². The molecule has 0 radical (unpaired) electrons. The quantitative estimate of drug-likeness (QED) is 0.591. The maximum atomic E-state index is 11.3. The van der Waals surface area contributed by atoms with E-state index < -0.39 is 17.5 Å². The molecule has 0 aliphatic carbocycles. The molecule has 1 rings (SSSR count). The van der Waals surface area contributed by atoms with Crippen molar-refractivity contribution in [2.45, 2.75) is 39.1 Å². The monoisotopic (exact) mass is 292 g/mol. The third kappa shape index (κ3) is 4.99. The minimum atomic E-state index is -0.872. The van der Waals surface area contributed by atoms with Gasteiger partial charge in [0.25, 0.3) is 0 Å². The van der Waals surface area contributed by atoms with Gasteiger partial charge in [-0.05, 0) is 5.56 Å². The Morgan fingerprint density at radius 2 is 2.00 bits per heavy atom. The van der Waals surface area contributed by atoms with Gasteiger partial charge >= 0.3 is 5.97 Å². The highest BCUT2D eigenvalue weighted by Crippen LogP contribution is 2.31. The summed E-state index contributed by atoms with van der Waals surface area (Å²) in [6.07, 6.45) is 0.340. The van der Waals surface area contributed by atoms with Crippen LogP contribution in [0.4, 0.5) is 0 Å². The minimum absolute atomic E-state index is 0.0669. The van der Waals surface area contributed by atoms with Gasteiger partial charge in [0.1, 0.15) is 0 Å². The Hall–Kier alpha value is -1.65. The molecule has 0 aliphatic heterocycles. The summed E-state index contributed by atoms with van der Waals surface area (Å²) in [5.74, 6) is -0.443. The average molecular weight is 292 g/mol. The molecule has 1 N–H and O–H groups in total. The summed E-state index contributed by atoms with van der Waals surface area (Å²) in [5, 5.41) is 10.2. The van der Waals surface area contributed by atoms with Crippen LogP contribution < -0.4 is 0 Å². The SMILES string of the molecule is C=C[C@H](OCc1ccccc1)C(C)(C)[C@@H](O)CC(=O)OC. The highest BCUT2D eigenvalue weighted by Gasteiger charge is 2.37. The van der Waals surface area contributed by atoms with E-state index in [4.69, 9.17) is 4.74 Å². The molecular formula is C17H24O4. The molecule has 0 amide bonds. The molecule has 1 aromatic carbocycles. The van der Waals surface area contributed by atoms with Gasteiger partial charge in [-0.3, -0.25) is 4.79 Å². The predicted octanol–water partition coefficient (Wildman–Crippen LogP) is 2.71. The lowest BCUT2D eigenvalue weighted by Gasteiger charge is -2.36. The molecule has 4 heteroatoms. The molecule has 0 aliphatic rings. The van der Waals surface area contributed by atoms with Crippen LogP contribution >= 0.6 is 0 Å². The zero-order valence-corrected chi connectivity index (χ0v) is 12.9. The lowest BCUT2D eigenvalue weighted by atomic mass is 9.79. The van der Waals surface area contributed by atoms with Gasteiger partial charge in [0.15, 0.2) is 0 Å². The summed E-state index contributed by atoms with van der Waals surface area (Å²) >= 11 is 0. The fourth-order valence-corrected chi connectivity index (χ4v) is 2.04. The number of aliphatic hydroxyl groups excluding tert-OH is 1. The molecule has 0 aromatic heterocycles. The van der Waals surface area contributed by atoms with Crippen LogP contribution in [0.25, 0.3) is 0 Å². The zero-order valence-electron chi connectivity index (χ0n) is 12.9. The summed E-state index contributed by atoms with van der Waals surface area (Å²) in [5.41, 5.74) is 0.396. The first-order chi connectivity index (χ1) is 9.91. The van der Waals surface area contributed by atoms with Crippen LogP contribution in [0.15, 0.2) is 43.0 Å². The number of carbonyl (C=O) groups excluding carboxylic acids is 1. The first-order valence-corrected chi connectivity index (χ1v) is 6.94. The molecular weight excluding hydrogens is 268 g/mol. The molecule has 4 nitrogen and oxygen atoms in total. The smallest absolute Gasteiger partial charge is 0.308 e. The number of benzene rings is 1. The second kappa shape index (κ2) is 7.96. The van der Waals surface area contributed by atoms with Crippen molar-refractivity contribution in [2.24, 2.45) is 5.41 Å². The lowest BCUT2D eigenvalue weighted by molar-refractivity contribution is -0.147. The van der Waals surface area contributed by atoms with Gasteiger partial charge in [-0.25, -0.2) is 0 Å². The molecule has 2 atom stereocenters. The van der Waals surface area contributed by atoms with E-state index in [0.29, 0.717) is 6.61 Å². The van der Waals surface area contributed by atoms with Crippen molar-refractivity contribution in [2.75, 3.05) is 7.11 Å². The van der Waals surface area contributed by atoms with E-state index >= 15 is 0 Å². The van der Waals surface area contributed by atoms with Gasteiger partial charge < -0.3 is 14.6 Å². The molecule has 0 saturated heterocycles. The highest BCUT2D eigenvalue weighted by molar-refractivity contribution is 5.69. The van der Waals surface area contributed by atoms with E-state index in [2.05, 4.69) is 11.3 Å². The van der Waals surface area contributed by atoms with E-state index in [9.17, 15) is 9.90 Å². The summed E-state index contributed by atoms with van der Waals surface area (Å²) in [7, 11) is 1.30. The third-order valence-electron chi connectivity index (χ3n) is 3.67. The normalized spacial score (nSPS) is 14.3. The summed E-state index contributed by atoms with van der Waals surface area (Å²) in [6, 6.07) is 9.77. The van der Waals surface area contributed by atoms with Crippen LogP contribution in [0.2, 0.25) is 0 Å². The van der Waals surface area contributed by atoms with Crippen molar-refractivity contribution < 1.29 is 19.4 Å². The van der Waals surface area contributed by atoms with Crippen molar-refractivity contribution in [3.63, 3.8) is 0 Å². The first kappa shape index (κ1) is 17.4. The molecule has 116 valence electrons. The van der Waals surface area contributed by atoms with E-state index in [-0.39, 0.29) is 12.5 Å². The van der Waals surface area contributed by atoms with E-state index in [0.717, 1.165) is 5.56 Å². The van der Waals surface area contributed by atoms with Crippen LogP contribution in [-0.4, -0.2) is 30.4 Å². The van der Waals surface area contributed by atoms with Gasteiger partial charge in [0.2, 0.25) is 0 Å². The molecule has 0 heterocycles. The molecule has 21 heavy (non-hydrogen) atoms. The topological polar surface area (TPSA) is 55.8 Å². The standard InChI is InChI=1S/C17H24O4/c1-5-15(21-12-13-9-7-6-8-10-13)17(2,3)14(18)11-16(19)20-4/h5-10,14-15,18H,1,11-12H2,2-4H3/t14-,15-/m0/s1. The van der Waals surface area contributed by atoms with Gasteiger partial charge in [0, 0.05) is 5.41 Å². The maximum Gasteiger partial charge on any atom is 0.308 e. The number of methoxy groups -OCH3 is 1. The molecule has 0 spiro atoms. The van der Waals surface area contributed by atoms with Crippen molar-refractivity contribution >= 4 is 5.97 Å². The first-order valence-electron chi connectivity index (χ1n) is 6.94. The van der Waals surface area contributed by atoms with Gasteiger partial charge in [-0.15, -0.1) is 6.58 Å². The van der Waals surface area contributed by atoms with Crippen molar-refractivity contribution in [3.8, 4) is 0 Å². The largest absolute Gasteiger partial charge is 0.469 e. The Morgan fingerprint density at radius 1 is 1.38 bits per heavy atom. The lowest BCUT2D eigenvalue weighted by Crippen LogP contribution is -2.42. The number of hydrogen-bond donors (Lipinski definition) is 1. The molecule has 0 fully saturated rings. The molecule has 1 aromatic rings. The number of rotatable bonds is 8. The fraction of sp³-hybridized carbons (Fsp3) is 0.471. The van der Waals surface area contributed by atoms with E-state index in [1.165, 1.54) is 7.11 Å². The van der Waals surface area contributed by atoms with Gasteiger partial charge in [-0.1, -0.05) is 50.3 Å². The summed E-state index contributed by atoms with van der Waals surface area (Å²) in [6.45, 7) is 7.88. The Bertz CT molecular complexity index is 453. The number of hydrogen-bond acceptors (Lipinski definition) is 4. The Morgan fingerprint density at radius 3 is 2.52 bits per heavy atom. The fourth-order valence-electron chi connectivity index (χ4n) is 2.04. The number of carbonyl (C=O) groups is 1. The minimum Gasteiger partial charge on any atom is -0.469 e. The van der Waals surface area contributed by atoms with E-state index in [1.807, 2.05) is 44.2 Å². The third-order valence-corrected chi connectivity index (χ3v) is 3.67. The second-order valence-corrected chi connectivity index (χ2v) is 5.57. The van der Waals surface area contributed by atoms with E-state index in [1.54, 1.807) is 6.08 Å². The summed E-state index contributed by atoms with van der Waals surface area (Å²) in [4.78, 5) is 11.3. The van der Waals surface area contributed by atoms with Crippen molar-refractivity contribution in [1.82, 2.24) is 0 Å². The Balaban J connectivity index is 2.68. The van der Waals surface area contributed by atoms with Crippen molar-refractivity contribution in [3.05, 3.63) is 48.6 Å². The van der Waals surface area contributed by atoms with Gasteiger partial charge in [0.05, 0.1) is 32.3 Å². The maximum absolute atomic E-state index is 11.3.